The number of carbonyl (C=O) groups excluding carboxylic acids is 2. The number of carbonyl (C=O) groups is 2. The highest BCUT2D eigenvalue weighted by Gasteiger charge is 2.50. The molecule has 140 valence electrons. The van der Waals surface area contributed by atoms with Crippen LogP contribution in [0.15, 0.2) is 47.1 Å². The predicted molar refractivity (Wildman–Crippen MR) is 102 cm³/mol. The minimum Gasteiger partial charge on any atom is -0.459 e. The molecule has 4 fully saturated rings. The first-order valence-corrected chi connectivity index (χ1v) is 9.91. The van der Waals surface area contributed by atoms with Crippen molar-refractivity contribution in [3.05, 3.63) is 48.4 Å². The Morgan fingerprint density at radius 1 is 0.815 bits per heavy atom. The van der Waals surface area contributed by atoms with Crippen molar-refractivity contribution in [3.8, 4) is 0 Å². The maximum atomic E-state index is 12.9. The zero-order valence-corrected chi connectivity index (χ0v) is 15.2. The zero-order valence-electron chi connectivity index (χ0n) is 15.2. The molecule has 4 aliphatic carbocycles. The number of amides is 2. The molecule has 0 atom stereocenters. The van der Waals surface area contributed by atoms with E-state index < -0.39 is 0 Å². The molecule has 2 amide bonds. The van der Waals surface area contributed by atoms with Gasteiger partial charge >= 0.3 is 0 Å². The van der Waals surface area contributed by atoms with Crippen molar-refractivity contribution in [1.29, 1.82) is 0 Å². The van der Waals surface area contributed by atoms with Gasteiger partial charge in [0.25, 0.3) is 5.91 Å². The van der Waals surface area contributed by atoms with Crippen molar-refractivity contribution < 1.29 is 14.0 Å². The lowest BCUT2D eigenvalue weighted by atomic mass is 9.51. The number of nitrogens with one attached hydrogen (secondary N) is 2. The van der Waals surface area contributed by atoms with Crippen molar-refractivity contribution in [3.63, 3.8) is 0 Å². The highest BCUT2D eigenvalue weighted by Crippen LogP contribution is 2.56. The number of anilines is 2. The van der Waals surface area contributed by atoms with Crippen LogP contribution in [0.5, 0.6) is 0 Å². The molecule has 1 aromatic heterocycles. The number of hydrogen-bond donors (Lipinski definition) is 2. The molecule has 1 heterocycles. The van der Waals surface area contributed by atoms with Crippen LogP contribution < -0.4 is 10.6 Å². The van der Waals surface area contributed by atoms with E-state index in [4.69, 9.17) is 4.42 Å². The second-order valence-corrected chi connectivity index (χ2v) is 8.45. The average Bonchev–Trinajstić information content (AvgIpc) is 3.17. The van der Waals surface area contributed by atoms with Crippen LogP contribution in [-0.4, -0.2) is 11.8 Å². The SMILES string of the molecule is O=C(Nc1ccc(NC(=O)C2C3CC4CC(C3)CC2C4)cc1)c1ccco1. The summed E-state index contributed by atoms with van der Waals surface area (Å²) in [5.41, 5.74) is 1.45. The van der Waals surface area contributed by atoms with Gasteiger partial charge in [-0.2, -0.15) is 0 Å². The lowest BCUT2D eigenvalue weighted by molar-refractivity contribution is -0.132. The first kappa shape index (κ1) is 16.6. The lowest BCUT2D eigenvalue weighted by Gasteiger charge is -2.53. The summed E-state index contributed by atoms with van der Waals surface area (Å²) in [6, 6.07) is 10.6. The number of rotatable bonds is 4. The maximum Gasteiger partial charge on any atom is 0.291 e. The quantitative estimate of drug-likeness (QED) is 0.836. The third-order valence-corrected chi connectivity index (χ3v) is 6.68. The average molecular weight is 364 g/mol. The standard InChI is InChI=1S/C22H24N2O3/c25-21(19-2-1-7-27-19)23-17-3-5-18(6-4-17)24-22(26)20-15-9-13-8-14(11-15)12-16(20)10-13/h1-7,13-16,20H,8-12H2,(H,23,25)(H,24,26). The van der Waals surface area contributed by atoms with Crippen LogP contribution in [0.25, 0.3) is 0 Å². The summed E-state index contributed by atoms with van der Waals surface area (Å²) in [6.07, 6.45) is 7.82. The summed E-state index contributed by atoms with van der Waals surface area (Å²) in [5.74, 6) is 3.23. The van der Waals surface area contributed by atoms with Crippen LogP contribution >= 0.6 is 0 Å². The van der Waals surface area contributed by atoms with Gasteiger partial charge in [-0.15, -0.1) is 0 Å². The predicted octanol–water partition coefficient (Wildman–Crippen LogP) is 4.54. The maximum absolute atomic E-state index is 12.9. The van der Waals surface area contributed by atoms with Crippen LogP contribution in [0.2, 0.25) is 0 Å². The molecule has 0 unspecified atom stereocenters. The molecule has 0 radical (unpaired) electrons. The Bertz CT molecular complexity index is 813. The Morgan fingerprint density at radius 3 is 1.96 bits per heavy atom. The third-order valence-electron chi connectivity index (χ3n) is 6.68. The molecule has 2 aromatic rings. The Balaban J connectivity index is 1.22. The molecular weight excluding hydrogens is 340 g/mol. The van der Waals surface area contributed by atoms with E-state index in [1.54, 1.807) is 24.3 Å². The van der Waals surface area contributed by atoms with Crippen LogP contribution in [-0.2, 0) is 4.79 Å². The van der Waals surface area contributed by atoms with Crippen LogP contribution in [0.3, 0.4) is 0 Å². The highest BCUT2D eigenvalue weighted by atomic mass is 16.3. The molecule has 6 rings (SSSR count). The highest BCUT2D eigenvalue weighted by molar-refractivity contribution is 6.02. The van der Waals surface area contributed by atoms with Gasteiger partial charge in [-0.05, 0) is 92.2 Å². The van der Waals surface area contributed by atoms with Gasteiger partial charge < -0.3 is 15.1 Å². The van der Waals surface area contributed by atoms with Crippen molar-refractivity contribution in [1.82, 2.24) is 0 Å². The van der Waals surface area contributed by atoms with E-state index in [1.807, 2.05) is 12.1 Å². The number of furan rings is 1. The van der Waals surface area contributed by atoms with Crippen LogP contribution in [0.4, 0.5) is 11.4 Å². The van der Waals surface area contributed by atoms with Gasteiger partial charge in [0.05, 0.1) is 6.26 Å². The molecule has 5 heteroatoms. The van der Waals surface area contributed by atoms with E-state index in [0.717, 1.165) is 17.5 Å². The fourth-order valence-electron chi connectivity index (χ4n) is 5.82. The first-order chi connectivity index (χ1) is 13.2. The molecular formula is C22H24N2O3. The van der Waals surface area contributed by atoms with E-state index >= 15 is 0 Å². The van der Waals surface area contributed by atoms with Gasteiger partial charge in [-0.3, -0.25) is 9.59 Å². The molecule has 1 aromatic carbocycles. The van der Waals surface area contributed by atoms with Crippen molar-refractivity contribution in [2.24, 2.45) is 29.6 Å². The van der Waals surface area contributed by atoms with Crippen molar-refractivity contribution in [2.75, 3.05) is 10.6 Å². The number of benzene rings is 1. The summed E-state index contributed by atoms with van der Waals surface area (Å²) in [5, 5.41) is 5.89. The van der Waals surface area contributed by atoms with Gasteiger partial charge in [-0.25, -0.2) is 0 Å². The lowest BCUT2D eigenvalue weighted by Crippen LogP contribution is -2.49. The largest absolute Gasteiger partial charge is 0.459 e. The number of hydrogen-bond acceptors (Lipinski definition) is 3. The van der Waals surface area contributed by atoms with Gasteiger partial charge in [-0.1, -0.05) is 0 Å². The minimum absolute atomic E-state index is 0.177. The zero-order chi connectivity index (χ0) is 18.4. The van der Waals surface area contributed by atoms with Crippen molar-refractivity contribution >= 4 is 23.2 Å². The molecule has 4 bridgehead atoms. The van der Waals surface area contributed by atoms with Gasteiger partial charge in [0, 0.05) is 17.3 Å². The van der Waals surface area contributed by atoms with E-state index in [1.165, 1.54) is 38.4 Å². The smallest absolute Gasteiger partial charge is 0.291 e. The van der Waals surface area contributed by atoms with Crippen LogP contribution in [0, 0.1) is 29.6 Å². The van der Waals surface area contributed by atoms with E-state index in [2.05, 4.69) is 10.6 Å². The molecule has 27 heavy (non-hydrogen) atoms. The van der Waals surface area contributed by atoms with Gasteiger partial charge in [0.15, 0.2) is 5.76 Å². The fraction of sp³-hybridized carbons (Fsp3) is 0.455. The van der Waals surface area contributed by atoms with E-state index in [9.17, 15) is 9.59 Å². The minimum atomic E-state index is -0.287. The van der Waals surface area contributed by atoms with E-state index in [0.29, 0.717) is 17.5 Å². The molecule has 0 spiro atoms. The van der Waals surface area contributed by atoms with Crippen molar-refractivity contribution in [2.45, 2.75) is 32.1 Å². The fourth-order valence-corrected chi connectivity index (χ4v) is 5.82. The second-order valence-electron chi connectivity index (χ2n) is 8.45. The summed E-state index contributed by atoms with van der Waals surface area (Å²) in [4.78, 5) is 24.9. The molecule has 5 nitrogen and oxygen atoms in total. The molecule has 4 aliphatic rings. The summed E-state index contributed by atoms with van der Waals surface area (Å²) in [7, 11) is 0. The Morgan fingerprint density at radius 2 is 1.41 bits per heavy atom. The Labute approximate surface area is 158 Å². The monoisotopic (exact) mass is 364 g/mol. The summed E-state index contributed by atoms with van der Waals surface area (Å²) >= 11 is 0. The second kappa shape index (κ2) is 6.55. The normalized spacial score (nSPS) is 30.9. The topological polar surface area (TPSA) is 71.3 Å². The van der Waals surface area contributed by atoms with Crippen LogP contribution in [0.1, 0.15) is 42.7 Å². The van der Waals surface area contributed by atoms with E-state index in [-0.39, 0.29) is 23.5 Å². The third kappa shape index (κ3) is 3.15. The Kier molecular flexibility index (Phi) is 4.03. The molecule has 0 aliphatic heterocycles. The van der Waals surface area contributed by atoms with Gasteiger partial charge in [0.2, 0.25) is 5.91 Å². The molecule has 2 N–H and O–H groups in total. The Hall–Kier alpha value is -2.56. The summed E-state index contributed by atoms with van der Waals surface area (Å²) in [6.45, 7) is 0. The molecule has 4 saturated carbocycles. The molecule has 0 saturated heterocycles. The first-order valence-electron chi connectivity index (χ1n) is 9.91. The van der Waals surface area contributed by atoms with Gasteiger partial charge in [0.1, 0.15) is 0 Å². The summed E-state index contributed by atoms with van der Waals surface area (Å²) < 4.78 is 5.09.